The molecule has 0 spiro atoms. The number of carbonyl (C=O) groups excluding carboxylic acids is 2. The number of hydrogen-bond acceptors (Lipinski definition) is 4. The summed E-state index contributed by atoms with van der Waals surface area (Å²) in [5.74, 6) is 0.615. The second kappa shape index (κ2) is 9.95. The van der Waals surface area contributed by atoms with Gasteiger partial charge in [0.15, 0.2) is 0 Å². The molecular weight excluding hydrogens is 354 g/mol. The SMILES string of the molecule is CCOC(=O)N1C(C)CC(N2CCC(C(=O)N3CCCCCC3)CC2)CC1C. The van der Waals surface area contributed by atoms with Crippen LogP contribution in [0.15, 0.2) is 0 Å². The summed E-state index contributed by atoms with van der Waals surface area (Å²) < 4.78 is 5.24. The molecule has 3 aliphatic heterocycles. The zero-order valence-corrected chi connectivity index (χ0v) is 18.1. The number of amides is 2. The molecular formula is C22H39N3O3. The van der Waals surface area contributed by atoms with Crippen molar-refractivity contribution in [3.05, 3.63) is 0 Å². The standard InChI is InChI=1S/C22H39N3O3/c1-4-28-22(27)25-17(2)15-20(16-18(25)3)23-13-9-19(10-14-23)21(26)24-11-7-5-6-8-12-24/h17-20H,4-16H2,1-3H3. The Morgan fingerprint density at radius 2 is 1.46 bits per heavy atom. The summed E-state index contributed by atoms with van der Waals surface area (Å²) in [4.78, 5) is 31.8. The van der Waals surface area contributed by atoms with E-state index in [0.717, 1.165) is 51.9 Å². The minimum absolute atomic E-state index is 0.178. The number of piperidine rings is 2. The summed E-state index contributed by atoms with van der Waals surface area (Å²) in [5, 5.41) is 0. The Hall–Kier alpha value is -1.30. The zero-order chi connectivity index (χ0) is 20.1. The third-order valence-corrected chi connectivity index (χ3v) is 6.97. The second-order valence-electron chi connectivity index (χ2n) is 8.98. The molecule has 3 aliphatic rings. The number of carbonyl (C=O) groups is 2. The molecule has 3 rings (SSSR count). The van der Waals surface area contributed by atoms with Crippen molar-refractivity contribution in [3.8, 4) is 0 Å². The maximum absolute atomic E-state index is 12.9. The van der Waals surface area contributed by atoms with E-state index in [0.29, 0.717) is 18.6 Å². The van der Waals surface area contributed by atoms with Gasteiger partial charge in [-0.05, 0) is 72.4 Å². The fourth-order valence-corrected chi connectivity index (χ4v) is 5.46. The van der Waals surface area contributed by atoms with Crippen LogP contribution in [-0.4, -0.2) is 77.6 Å². The summed E-state index contributed by atoms with van der Waals surface area (Å²) in [7, 11) is 0. The van der Waals surface area contributed by atoms with E-state index in [2.05, 4.69) is 23.6 Å². The highest BCUT2D eigenvalue weighted by molar-refractivity contribution is 5.79. The van der Waals surface area contributed by atoms with Crippen molar-refractivity contribution in [2.24, 2.45) is 5.92 Å². The highest BCUT2D eigenvalue weighted by Gasteiger charge is 2.39. The summed E-state index contributed by atoms with van der Waals surface area (Å²) in [6.45, 7) is 10.5. The third-order valence-electron chi connectivity index (χ3n) is 6.97. The summed E-state index contributed by atoms with van der Waals surface area (Å²) in [6, 6.07) is 0.901. The van der Waals surface area contributed by atoms with Gasteiger partial charge < -0.3 is 19.4 Å². The van der Waals surface area contributed by atoms with Crippen LogP contribution in [0.1, 0.15) is 72.1 Å². The van der Waals surface area contributed by atoms with Crippen molar-refractivity contribution in [1.82, 2.24) is 14.7 Å². The molecule has 3 heterocycles. The van der Waals surface area contributed by atoms with Crippen LogP contribution >= 0.6 is 0 Å². The van der Waals surface area contributed by atoms with Gasteiger partial charge in [-0.3, -0.25) is 4.79 Å². The fraction of sp³-hybridized carbons (Fsp3) is 0.909. The molecule has 3 fully saturated rings. The second-order valence-corrected chi connectivity index (χ2v) is 8.98. The Morgan fingerprint density at radius 1 is 0.893 bits per heavy atom. The Bertz CT molecular complexity index is 513. The Labute approximate surface area is 170 Å². The number of hydrogen-bond donors (Lipinski definition) is 0. The van der Waals surface area contributed by atoms with Crippen LogP contribution in [0.25, 0.3) is 0 Å². The van der Waals surface area contributed by atoms with Crippen molar-refractivity contribution in [3.63, 3.8) is 0 Å². The number of rotatable bonds is 3. The lowest BCUT2D eigenvalue weighted by Crippen LogP contribution is -2.56. The first kappa shape index (κ1) is 21.4. The van der Waals surface area contributed by atoms with Crippen molar-refractivity contribution >= 4 is 12.0 Å². The van der Waals surface area contributed by atoms with Gasteiger partial charge in [0, 0.05) is 37.1 Å². The molecule has 0 aromatic carbocycles. The molecule has 0 aromatic heterocycles. The van der Waals surface area contributed by atoms with Gasteiger partial charge in [-0.15, -0.1) is 0 Å². The Morgan fingerprint density at radius 3 is 2.00 bits per heavy atom. The molecule has 2 amide bonds. The average Bonchev–Trinajstić information content (AvgIpc) is 2.96. The van der Waals surface area contributed by atoms with Crippen LogP contribution in [-0.2, 0) is 9.53 Å². The lowest BCUT2D eigenvalue weighted by molar-refractivity contribution is -0.137. The van der Waals surface area contributed by atoms with E-state index in [1.54, 1.807) is 0 Å². The lowest BCUT2D eigenvalue weighted by atomic mass is 9.88. The third kappa shape index (κ3) is 5.00. The predicted molar refractivity (Wildman–Crippen MR) is 110 cm³/mol. The van der Waals surface area contributed by atoms with Gasteiger partial charge in [-0.25, -0.2) is 4.79 Å². The number of nitrogens with zero attached hydrogens (tertiary/aromatic N) is 3. The smallest absolute Gasteiger partial charge is 0.410 e. The molecule has 0 saturated carbocycles. The van der Waals surface area contributed by atoms with Crippen molar-refractivity contribution < 1.29 is 14.3 Å². The Balaban J connectivity index is 1.49. The summed E-state index contributed by atoms with van der Waals surface area (Å²) in [6.07, 6.45) is 8.64. The van der Waals surface area contributed by atoms with Gasteiger partial charge in [0.1, 0.15) is 0 Å². The van der Waals surface area contributed by atoms with Crippen LogP contribution in [0.4, 0.5) is 4.79 Å². The normalized spacial score (nSPS) is 30.8. The zero-order valence-electron chi connectivity index (χ0n) is 18.1. The van der Waals surface area contributed by atoms with Gasteiger partial charge >= 0.3 is 6.09 Å². The maximum Gasteiger partial charge on any atom is 0.410 e. The molecule has 2 unspecified atom stereocenters. The van der Waals surface area contributed by atoms with E-state index in [1.807, 2.05) is 11.8 Å². The van der Waals surface area contributed by atoms with E-state index in [4.69, 9.17) is 4.74 Å². The van der Waals surface area contributed by atoms with E-state index < -0.39 is 0 Å². The van der Waals surface area contributed by atoms with Gasteiger partial charge in [-0.2, -0.15) is 0 Å². The molecule has 160 valence electrons. The van der Waals surface area contributed by atoms with Crippen molar-refractivity contribution in [1.29, 1.82) is 0 Å². The lowest BCUT2D eigenvalue weighted by Gasteiger charge is -2.47. The summed E-state index contributed by atoms with van der Waals surface area (Å²) >= 11 is 0. The molecule has 28 heavy (non-hydrogen) atoms. The van der Waals surface area contributed by atoms with E-state index in [1.165, 1.54) is 25.7 Å². The first-order valence-corrected chi connectivity index (χ1v) is 11.5. The monoisotopic (exact) mass is 393 g/mol. The largest absolute Gasteiger partial charge is 0.450 e. The van der Waals surface area contributed by atoms with Crippen molar-refractivity contribution in [2.75, 3.05) is 32.8 Å². The van der Waals surface area contributed by atoms with Gasteiger partial charge in [0.25, 0.3) is 0 Å². The summed E-state index contributed by atoms with van der Waals surface area (Å²) in [5.41, 5.74) is 0. The number of ether oxygens (including phenoxy) is 1. The minimum atomic E-state index is -0.178. The average molecular weight is 394 g/mol. The minimum Gasteiger partial charge on any atom is -0.450 e. The maximum atomic E-state index is 12.9. The van der Waals surface area contributed by atoms with Crippen LogP contribution in [0.5, 0.6) is 0 Å². The van der Waals surface area contributed by atoms with Crippen molar-refractivity contribution in [2.45, 2.75) is 90.3 Å². The van der Waals surface area contributed by atoms with Crippen LogP contribution in [0.2, 0.25) is 0 Å². The molecule has 6 heteroatoms. The van der Waals surface area contributed by atoms with Crippen LogP contribution in [0, 0.1) is 5.92 Å². The molecule has 0 N–H and O–H groups in total. The van der Waals surface area contributed by atoms with Gasteiger partial charge in [0.2, 0.25) is 5.91 Å². The van der Waals surface area contributed by atoms with Gasteiger partial charge in [0.05, 0.1) is 6.61 Å². The van der Waals surface area contributed by atoms with Crippen LogP contribution in [0.3, 0.4) is 0 Å². The van der Waals surface area contributed by atoms with E-state index in [9.17, 15) is 9.59 Å². The molecule has 0 aromatic rings. The molecule has 2 atom stereocenters. The quantitative estimate of drug-likeness (QED) is 0.736. The topological polar surface area (TPSA) is 53.1 Å². The van der Waals surface area contributed by atoms with E-state index >= 15 is 0 Å². The molecule has 3 saturated heterocycles. The molecule has 0 aliphatic carbocycles. The molecule has 0 radical (unpaired) electrons. The first-order chi connectivity index (χ1) is 13.5. The predicted octanol–water partition coefficient (Wildman–Crippen LogP) is 3.50. The van der Waals surface area contributed by atoms with Gasteiger partial charge in [-0.1, -0.05) is 12.8 Å². The Kier molecular flexibility index (Phi) is 7.61. The highest BCUT2D eigenvalue weighted by atomic mass is 16.6. The van der Waals surface area contributed by atoms with Crippen LogP contribution < -0.4 is 0 Å². The first-order valence-electron chi connectivity index (χ1n) is 11.5. The van der Waals surface area contributed by atoms with E-state index in [-0.39, 0.29) is 24.1 Å². The highest BCUT2D eigenvalue weighted by Crippen LogP contribution is 2.31. The molecule has 6 nitrogen and oxygen atoms in total. The fourth-order valence-electron chi connectivity index (χ4n) is 5.46. The number of likely N-dealkylation sites (tertiary alicyclic amines) is 3. The molecule has 0 bridgehead atoms.